The van der Waals surface area contributed by atoms with Crippen molar-refractivity contribution in [3.8, 4) is 0 Å². The van der Waals surface area contributed by atoms with Gasteiger partial charge in [-0.1, -0.05) is 6.07 Å². The lowest BCUT2D eigenvalue weighted by Gasteiger charge is -2.30. The molecule has 1 fully saturated rings. The minimum absolute atomic E-state index is 0.148. The first-order chi connectivity index (χ1) is 14.7. The molecule has 12 heteroatoms. The van der Waals surface area contributed by atoms with Crippen LogP contribution in [0, 0.1) is 0 Å². The number of carbonyl (C=O) groups excluding carboxylic acids is 1. The van der Waals surface area contributed by atoms with Crippen LogP contribution in [0.25, 0.3) is 0 Å². The quantitative estimate of drug-likeness (QED) is 0.597. The van der Waals surface area contributed by atoms with Crippen LogP contribution in [0.5, 0.6) is 0 Å². The molecule has 1 aliphatic heterocycles. The lowest BCUT2D eigenvalue weighted by Crippen LogP contribution is -2.47. The van der Waals surface area contributed by atoms with E-state index in [0.717, 1.165) is 15.9 Å². The highest BCUT2D eigenvalue weighted by Gasteiger charge is 2.57. The number of pyridine rings is 1. The van der Waals surface area contributed by atoms with Crippen molar-refractivity contribution in [3.63, 3.8) is 0 Å². The van der Waals surface area contributed by atoms with E-state index in [1.807, 2.05) is 6.07 Å². The summed E-state index contributed by atoms with van der Waals surface area (Å²) in [5.74, 6) is 0.194. The molecule has 3 rings (SSSR count). The largest absolute Gasteiger partial charge is 0.424 e. The summed E-state index contributed by atoms with van der Waals surface area (Å²) in [5, 5.41) is 15.3. The molecule has 2 aromatic rings. The molecular formula is C19H25F3N6O3. The standard InChI is InChI=1S/C19H25F3N6O3/c1-27-8-7-24-16(27)18(30,19(20,21)22)4-6-25-17(29)26-13-14-3-2-5-23-15(14)28-9-11-31-12-10-28/h2-3,5,7-8,30H,4,6,9-13H2,1H3,(H2,25,26,29). The van der Waals surface area contributed by atoms with E-state index in [0.29, 0.717) is 26.3 Å². The molecule has 1 saturated heterocycles. The average molecular weight is 442 g/mol. The third-order valence-corrected chi connectivity index (χ3v) is 5.05. The fourth-order valence-corrected chi connectivity index (χ4v) is 3.37. The van der Waals surface area contributed by atoms with Crippen molar-refractivity contribution in [2.45, 2.75) is 24.7 Å². The second-order valence-electron chi connectivity index (χ2n) is 7.16. The number of aliphatic hydroxyl groups is 1. The first-order valence-electron chi connectivity index (χ1n) is 9.77. The highest BCUT2D eigenvalue weighted by molar-refractivity contribution is 5.74. The van der Waals surface area contributed by atoms with Crippen molar-refractivity contribution in [2.24, 2.45) is 7.05 Å². The fourth-order valence-electron chi connectivity index (χ4n) is 3.37. The Morgan fingerprint density at radius 3 is 2.61 bits per heavy atom. The van der Waals surface area contributed by atoms with Gasteiger partial charge in [0, 0.05) is 63.8 Å². The molecule has 170 valence electrons. The molecule has 0 aliphatic carbocycles. The fraction of sp³-hybridized carbons (Fsp3) is 0.526. The van der Waals surface area contributed by atoms with Crippen LogP contribution in [0.4, 0.5) is 23.8 Å². The number of ether oxygens (including phenoxy) is 1. The smallest absolute Gasteiger partial charge is 0.378 e. The van der Waals surface area contributed by atoms with Crippen molar-refractivity contribution in [3.05, 3.63) is 42.1 Å². The van der Waals surface area contributed by atoms with E-state index in [1.54, 1.807) is 12.3 Å². The van der Waals surface area contributed by atoms with Crippen molar-refractivity contribution >= 4 is 11.8 Å². The Balaban J connectivity index is 1.56. The number of rotatable bonds is 7. The van der Waals surface area contributed by atoms with Gasteiger partial charge in [-0.3, -0.25) is 0 Å². The van der Waals surface area contributed by atoms with Crippen LogP contribution in [0.3, 0.4) is 0 Å². The van der Waals surface area contributed by atoms with Crippen molar-refractivity contribution < 1.29 is 27.8 Å². The summed E-state index contributed by atoms with van der Waals surface area (Å²) in [6.07, 6.45) is -1.59. The van der Waals surface area contributed by atoms with E-state index in [4.69, 9.17) is 4.74 Å². The maximum absolute atomic E-state index is 13.5. The molecule has 3 N–H and O–H groups in total. The van der Waals surface area contributed by atoms with Gasteiger partial charge in [0.2, 0.25) is 5.60 Å². The maximum atomic E-state index is 13.5. The molecule has 0 radical (unpaired) electrons. The Labute approximate surface area is 177 Å². The zero-order chi connectivity index (χ0) is 22.5. The molecule has 0 spiro atoms. The summed E-state index contributed by atoms with van der Waals surface area (Å²) in [4.78, 5) is 22.2. The molecule has 2 amide bonds. The Kier molecular flexibility index (Phi) is 7.01. The Morgan fingerprint density at radius 2 is 1.97 bits per heavy atom. The number of morpholine rings is 1. The van der Waals surface area contributed by atoms with Crippen LogP contribution in [0.2, 0.25) is 0 Å². The first-order valence-corrected chi connectivity index (χ1v) is 9.77. The second kappa shape index (κ2) is 9.52. The van der Waals surface area contributed by atoms with Crippen LogP contribution in [-0.2, 0) is 23.9 Å². The van der Waals surface area contributed by atoms with Gasteiger partial charge in [0.15, 0.2) is 0 Å². The zero-order valence-corrected chi connectivity index (χ0v) is 17.0. The summed E-state index contributed by atoms with van der Waals surface area (Å²) in [7, 11) is 1.36. The SMILES string of the molecule is Cn1ccnc1C(O)(CCNC(=O)NCc1cccnc1N1CCOCC1)C(F)(F)F. The van der Waals surface area contributed by atoms with Gasteiger partial charge < -0.3 is 29.9 Å². The van der Waals surface area contributed by atoms with Crippen molar-refractivity contribution in [2.75, 3.05) is 37.7 Å². The number of hydrogen-bond donors (Lipinski definition) is 3. The van der Waals surface area contributed by atoms with Gasteiger partial charge in [0.1, 0.15) is 11.6 Å². The number of nitrogens with zero attached hydrogens (tertiary/aromatic N) is 4. The lowest BCUT2D eigenvalue weighted by atomic mass is 9.97. The number of aromatic nitrogens is 3. The number of imidazole rings is 1. The monoisotopic (exact) mass is 442 g/mol. The first kappa shape index (κ1) is 22.8. The molecule has 1 unspecified atom stereocenters. The van der Waals surface area contributed by atoms with E-state index in [1.165, 1.54) is 19.4 Å². The molecule has 3 heterocycles. The van der Waals surface area contributed by atoms with Crippen LogP contribution in [0.15, 0.2) is 30.7 Å². The summed E-state index contributed by atoms with van der Waals surface area (Å²) >= 11 is 0. The Bertz CT molecular complexity index is 885. The van der Waals surface area contributed by atoms with Gasteiger partial charge in [0.25, 0.3) is 0 Å². The second-order valence-corrected chi connectivity index (χ2v) is 7.16. The predicted molar refractivity (Wildman–Crippen MR) is 105 cm³/mol. The van der Waals surface area contributed by atoms with Crippen molar-refractivity contribution in [1.29, 1.82) is 0 Å². The highest BCUT2D eigenvalue weighted by Crippen LogP contribution is 2.40. The van der Waals surface area contributed by atoms with Gasteiger partial charge in [-0.2, -0.15) is 13.2 Å². The molecule has 1 atom stereocenters. The third-order valence-electron chi connectivity index (χ3n) is 5.05. The van der Waals surface area contributed by atoms with E-state index in [-0.39, 0.29) is 6.54 Å². The molecule has 0 bridgehead atoms. The van der Waals surface area contributed by atoms with Gasteiger partial charge in [-0.05, 0) is 6.07 Å². The van der Waals surface area contributed by atoms with E-state index >= 15 is 0 Å². The van der Waals surface area contributed by atoms with Gasteiger partial charge >= 0.3 is 12.2 Å². The van der Waals surface area contributed by atoms with Gasteiger partial charge in [0.05, 0.1) is 13.2 Å². The number of anilines is 1. The minimum atomic E-state index is -4.95. The number of nitrogens with one attached hydrogen (secondary N) is 2. The number of carbonyl (C=O) groups is 1. The Morgan fingerprint density at radius 1 is 1.23 bits per heavy atom. The van der Waals surface area contributed by atoms with Crippen LogP contribution < -0.4 is 15.5 Å². The number of halogens is 3. The molecule has 31 heavy (non-hydrogen) atoms. The number of hydrogen-bond acceptors (Lipinski definition) is 6. The Hall–Kier alpha value is -2.86. The van der Waals surface area contributed by atoms with Crippen LogP contribution in [0.1, 0.15) is 17.8 Å². The normalized spacial score (nSPS) is 16.6. The molecule has 0 aromatic carbocycles. The van der Waals surface area contributed by atoms with Crippen LogP contribution >= 0.6 is 0 Å². The van der Waals surface area contributed by atoms with Crippen LogP contribution in [-0.4, -0.2) is 64.7 Å². The van der Waals surface area contributed by atoms with Crippen molar-refractivity contribution in [1.82, 2.24) is 25.2 Å². The average Bonchev–Trinajstić information content (AvgIpc) is 3.18. The number of aryl methyl sites for hydroxylation is 1. The predicted octanol–water partition coefficient (Wildman–Crippen LogP) is 1.29. The summed E-state index contributed by atoms with van der Waals surface area (Å²) in [6.45, 7) is 2.27. The molecule has 1 aliphatic rings. The summed E-state index contributed by atoms with van der Waals surface area (Å²) in [5.41, 5.74) is -2.40. The lowest BCUT2D eigenvalue weighted by molar-refractivity contribution is -0.272. The van der Waals surface area contributed by atoms with E-state index in [2.05, 4.69) is 25.5 Å². The topological polar surface area (TPSA) is 105 Å². The van der Waals surface area contributed by atoms with E-state index < -0.39 is 36.6 Å². The number of amides is 2. The van der Waals surface area contributed by atoms with E-state index in [9.17, 15) is 23.1 Å². The number of urea groups is 1. The maximum Gasteiger partial charge on any atom is 0.424 e. The minimum Gasteiger partial charge on any atom is -0.378 e. The summed E-state index contributed by atoms with van der Waals surface area (Å²) < 4.78 is 47.0. The molecular weight excluding hydrogens is 417 g/mol. The molecule has 2 aromatic heterocycles. The molecule has 9 nitrogen and oxygen atoms in total. The summed E-state index contributed by atoms with van der Waals surface area (Å²) in [6, 6.07) is 2.91. The zero-order valence-electron chi connectivity index (χ0n) is 17.0. The third kappa shape index (κ3) is 5.25. The van der Waals surface area contributed by atoms with Gasteiger partial charge in [-0.15, -0.1) is 0 Å². The highest BCUT2D eigenvalue weighted by atomic mass is 19.4. The number of alkyl halides is 3. The van der Waals surface area contributed by atoms with Gasteiger partial charge in [-0.25, -0.2) is 14.8 Å². The molecule has 0 saturated carbocycles.